The monoisotopic (exact) mass is 447 g/mol. The van der Waals surface area contributed by atoms with Crippen molar-refractivity contribution in [1.82, 2.24) is 0 Å². The maximum absolute atomic E-state index is 12.5. The number of carbonyl (C=O) groups excluding carboxylic acids is 2. The van der Waals surface area contributed by atoms with Crippen molar-refractivity contribution in [2.24, 2.45) is 0 Å². The Morgan fingerprint density at radius 3 is 2.34 bits per heavy atom. The molecule has 0 radical (unpaired) electrons. The number of thioether (sulfide) groups is 1. The number of carbonyl (C=O) groups is 2. The summed E-state index contributed by atoms with van der Waals surface area (Å²) in [4.78, 5) is 35.7. The number of nitro benzene ring substituents is 1. The normalized spacial score (nSPS) is 11.7. The second kappa shape index (κ2) is 10.9. The smallest absolute Gasteiger partial charge is 0.269 e. The summed E-state index contributed by atoms with van der Waals surface area (Å²) >= 11 is 1.34. The summed E-state index contributed by atoms with van der Waals surface area (Å²) < 4.78 is 0. The van der Waals surface area contributed by atoms with Gasteiger partial charge in [-0.05, 0) is 48.9 Å². The molecule has 2 amide bonds. The number of nitrogens with zero attached hydrogens (tertiary/aromatic N) is 1. The van der Waals surface area contributed by atoms with Crippen molar-refractivity contribution < 1.29 is 14.5 Å². The van der Waals surface area contributed by atoms with Crippen LogP contribution in [0, 0.1) is 10.1 Å². The molecule has 3 aromatic carbocycles. The Hall–Kier alpha value is -3.91. The van der Waals surface area contributed by atoms with E-state index in [2.05, 4.69) is 10.6 Å². The molecule has 32 heavy (non-hydrogen) atoms. The maximum Gasteiger partial charge on any atom is 0.269 e. The van der Waals surface area contributed by atoms with E-state index in [1.807, 2.05) is 36.4 Å². The van der Waals surface area contributed by atoms with Crippen LogP contribution in [-0.2, 0) is 9.59 Å². The Morgan fingerprint density at radius 2 is 1.66 bits per heavy atom. The zero-order chi connectivity index (χ0) is 22.9. The Kier molecular flexibility index (Phi) is 7.77. The molecule has 8 heteroatoms. The molecule has 0 spiro atoms. The van der Waals surface area contributed by atoms with Crippen molar-refractivity contribution in [2.75, 3.05) is 10.6 Å². The van der Waals surface area contributed by atoms with Crippen LogP contribution >= 0.6 is 11.8 Å². The van der Waals surface area contributed by atoms with Crippen molar-refractivity contribution in [3.8, 4) is 0 Å². The van der Waals surface area contributed by atoms with Gasteiger partial charge in [-0.25, -0.2) is 0 Å². The number of hydrogen-bond acceptors (Lipinski definition) is 5. The van der Waals surface area contributed by atoms with Gasteiger partial charge in [0.2, 0.25) is 11.8 Å². The van der Waals surface area contributed by atoms with Gasteiger partial charge in [0.25, 0.3) is 5.69 Å². The van der Waals surface area contributed by atoms with Crippen molar-refractivity contribution >= 4 is 46.7 Å². The van der Waals surface area contributed by atoms with E-state index in [1.165, 1.54) is 42.1 Å². The molecule has 0 fully saturated rings. The standard InChI is InChI=1S/C24H21N3O4S/c1-17(24(29)26-19-11-13-21(14-12-19)27(30)31)32-22-9-5-8-20(16-22)25-23(28)15-10-18-6-3-2-4-7-18/h2-17H,1H3,(H,25,28)(H,26,29)/b15-10+. The average Bonchev–Trinajstić information content (AvgIpc) is 2.79. The molecular formula is C24H21N3O4S. The lowest BCUT2D eigenvalue weighted by molar-refractivity contribution is -0.384. The van der Waals surface area contributed by atoms with Gasteiger partial charge in [-0.3, -0.25) is 19.7 Å². The van der Waals surface area contributed by atoms with Gasteiger partial charge in [0.1, 0.15) is 0 Å². The number of rotatable bonds is 8. The molecule has 3 aromatic rings. The van der Waals surface area contributed by atoms with Gasteiger partial charge in [0, 0.05) is 34.5 Å². The molecule has 3 rings (SSSR count). The average molecular weight is 448 g/mol. The van der Waals surface area contributed by atoms with E-state index in [1.54, 1.807) is 31.2 Å². The summed E-state index contributed by atoms with van der Waals surface area (Å²) in [6, 6.07) is 22.4. The molecule has 7 nitrogen and oxygen atoms in total. The van der Waals surface area contributed by atoms with E-state index in [4.69, 9.17) is 0 Å². The van der Waals surface area contributed by atoms with Crippen LogP contribution in [0.5, 0.6) is 0 Å². The first-order valence-corrected chi connectivity index (χ1v) is 10.6. The molecular weight excluding hydrogens is 426 g/mol. The lowest BCUT2D eigenvalue weighted by Crippen LogP contribution is -2.22. The number of anilines is 2. The first-order chi connectivity index (χ1) is 15.4. The number of benzene rings is 3. The lowest BCUT2D eigenvalue weighted by atomic mass is 10.2. The third-order valence-electron chi connectivity index (χ3n) is 4.36. The largest absolute Gasteiger partial charge is 0.325 e. The minimum atomic E-state index is -0.493. The van der Waals surface area contributed by atoms with Crippen LogP contribution < -0.4 is 10.6 Å². The first-order valence-electron chi connectivity index (χ1n) is 9.77. The molecule has 0 aromatic heterocycles. The predicted molar refractivity (Wildman–Crippen MR) is 128 cm³/mol. The highest BCUT2D eigenvalue weighted by Crippen LogP contribution is 2.27. The quantitative estimate of drug-likeness (QED) is 0.209. The van der Waals surface area contributed by atoms with E-state index < -0.39 is 10.2 Å². The zero-order valence-electron chi connectivity index (χ0n) is 17.2. The van der Waals surface area contributed by atoms with Gasteiger partial charge in [0.15, 0.2) is 0 Å². The molecule has 1 atom stereocenters. The highest BCUT2D eigenvalue weighted by molar-refractivity contribution is 8.00. The van der Waals surface area contributed by atoms with Gasteiger partial charge in [0.05, 0.1) is 10.2 Å². The molecule has 0 heterocycles. The summed E-state index contributed by atoms with van der Waals surface area (Å²) in [5.74, 6) is -0.482. The Balaban J connectivity index is 1.56. The molecule has 0 bridgehead atoms. The van der Waals surface area contributed by atoms with Gasteiger partial charge < -0.3 is 10.6 Å². The molecule has 0 saturated carbocycles. The predicted octanol–water partition coefficient (Wildman–Crippen LogP) is 5.37. The van der Waals surface area contributed by atoms with Crippen LogP contribution in [0.3, 0.4) is 0 Å². The number of amides is 2. The highest BCUT2D eigenvalue weighted by Gasteiger charge is 2.15. The maximum atomic E-state index is 12.5. The summed E-state index contributed by atoms with van der Waals surface area (Å²) in [6.45, 7) is 1.76. The van der Waals surface area contributed by atoms with Crippen molar-refractivity contribution in [3.63, 3.8) is 0 Å². The van der Waals surface area contributed by atoms with Gasteiger partial charge in [-0.15, -0.1) is 11.8 Å². The molecule has 0 saturated heterocycles. The third kappa shape index (κ3) is 6.82. The van der Waals surface area contributed by atoms with Crippen molar-refractivity contribution in [3.05, 3.63) is 101 Å². The van der Waals surface area contributed by atoms with Gasteiger partial charge >= 0.3 is 0 Å². The Bertz CT molecular complexity index is 1130. The second-order valence-electron chi connectivity index (χ2n) is 6.81. The molecule has 0 aliphatic carbocycles. The summed E-state index contributed by atoms with van der Waals surface area (Å²) in [7, 11) is 0. The molecule has 1 unspecified atom stereocenters. The summed E-state index contributed by atoms with van der Waals surface area (Å²) in [6.07, 6.45) is 3.20. The highest BCUT2D eigenvalue weighted by atomic mass is 32.2. The number of hydrogen-bond donors (Lipinski definition) is 2. The SMILES string of the molecule is CC(Sc1cccc(NC(=O)/C=C/c2ccccc2)c1)C(=O)Nc1ccc([N+](=O)[O-])cc1. The van der Waals surface area contributed by atoms with Gasteiger partial charge in [-0.1, -0.05) is 36.4 Å². The summed E-state index contributed by atoms with van der Waals surface area (Å²) in [5, 5.41) is 15.9. The Morgan fingerprint density at radius 1 is 0.938 bits per heavy atom. The van der Waals surface area contributed by atoms with E-state index >= 15 is 0 Å². The molecule has 2 N–H and O–H groups in total. The van der Waals surface area contributed by atoms with E-state index in [-0.39, 0.29) is 17.5 Å². The molecule has 162 valence electrons. The first kappa shape index (κ1) is 22.8. The topological polar surface area (TPSA) is 101 Å². The number of nitro groups is 1. The van der Waals surface area contributed by atoms with Crippen LogP contribution in [0.4, 0.5) is 17.1 Å². The molecule has 0 aliphatic heterocycles. The summed E-state index contributed by atoms with van der Waals surface area (Å²) in [5.41, 5.74) is 2.00. The number of non-ortho nitro benzene ring substituents is 1. The fraction of sp³-hybridized carbons (Fsp3) is 0.0833. The van der Waals surface area contributed by atoms with Gasteiger partial charge in [-0.2, -0.15) is 0 Å². The van der Waals surface area contributed by atoms with Crippen LogP contribution in [0.15, 0.2) is 89.8 Å². The van der Waals surface area contributed by atoms with Crippen molar-refractivity contribution in [2.45, 2.75) is 17.1 Å². The second-order valence-corrected chi connectivity index (χ2v) is 8.23. The molecule has 0 aliphatic rings. The minimum absolute atomic E-state index is 0.0390. The van der Waals surface area contributed by atoms with Crippen LogP contribution in [-0.4, -0.2) is 22.0 Å². The van der Waals surface area contributed by atoms with Crippen LogP contribution in [0.25, 0.3) is 6.08 Å². The van der Waals surface area contributed by atoms with E-state index in [0.29, 0.717) is 11.4 Å². The lowest BCUT2D eigenvalue weighted by Gasteiger charge is -2.13. The van der Waals surface area contributed by atoms with E-state index in [0.717, 1.165) is 10.5 Å². The van der Waals surface area contributed by atoms with Crippen LogP contribution in [0.2, 0.25) is 0 Å². The van der Waals surface area contributed by atoms with Crippen molar-refractivity contribution in [1.29, 1.82) is 0 Å². The fourth-order valence-electron chi connectivity index (χ4n) is 2.74. The van der Waals surface area contributed by atoms with Crippen LogP contribution in [0.1, 0.15) is 12.5 Å². The fourth-order valence-corrected chi connectivity index (χ4v) is 3.66. The Labute approximate surface area is 189 Å². The number of nitrogens with one attached hydrogen (secondary N) is 2. The van der Waals surface area contributed by atoms with E-state index in [9.17, 15) is 19.7 Å². The third-order valence-corrected chi connectivity index (χ3v) is 5.45. The minimum Gasteiger partial charge on any atom is -0.325 e. The zero-order valence-corrected chi connectivity index (χ0v) is 18.0.